The summed E-state index contributed by atoms with van der Waals surface area (Å²) in [5.41, 5.74) is 1.93. The molecule has 30 heavy (non-hydrogen) atoms. The normalized spacial score (nSPS) is 14.9. The molecule has 7 nitrogen and oxygen atoms in total. The lowest BCUT2D eigenvalue weighted by Crippen LogP contribution is -2.39. The van der Waals surface area contributed by atoms with E-state index in [0.29, 0.717) is 17.5 Å². The van der Waals surface area contributed by atoms with Crippen molar-refractivity contribution in [3.05, 3.63) is 40.2 Å². The number of nitrogens with zero attached hydrogens (tertiary/aromatic N) is 4. The fourth-order valence-electron chi connectivity index (χ4n) is 3.91. The number of nitrogens with one attached hydrogen (secondary N) is 1. The van der Waals surface area contributed by atoms with Gasteiger partial charge in [0.25, 0.3) is 0 Å². The topological polar surface area (TPSA) is 80.2 Å². The average Bonchev–Trinajstić information content (AvgIpc) is 3.04. The van der Waals surface area contributed by atoms with Crippen LogP contribution in [0.5, 0.6) is 0 Å². The SMILES string of the molecule is CCOC(=O)c1sc2nc(C)nc(N3CCC(Nc4cccc(C)n4)CC3)c2c1C. The summed E-state index contributed by atoms with van der Waals surface area (Å²) in [7, 11) is 0. The molecule has 0 amide bonds. The number of pyridine rings is 1. The second-order valence-corrected chi connectivity index (χ2v) is 8.62. The van der Waals surface area contributed by atoms with E-state index in [0.717, 1.165) is 64.9 Å². The molecule has 1 aliphatic rings. The number of rotatable bonds is 5. The first-order chi connectivity index (χ1) is 14.5. The molecule has 3 aromatic rings. The lowest BCUT2D eigenvalue weighted by Gasteiger charge is -2.34. The van der Waals surface area contributed by atoms with Gasteiger partial charge in [0.2, 0.25) is 0 Å². The first kappa shape index (κ1) is 20.5. The minimum Gasteiger partial charge on any atom is -0.462 e. The van der Waals surface area contributed by atoms with Crippen molar-refractivity contribution in [3.8, 4) is 0 Å². The molecule has 0 atom stereocenters. The Morgan fingerprint density at radius 1 is 1.20 bits per heavy atom. The Kier molecular flexibility index (Phi) is 5.85. The molecule has 1 fully saturated rings. The monoisotopic (exact) mass is 425 g/mol. The third kappa shape index (κ3) is 4.09. The predicted octanol–water partition coefficient (Wildman–Crippen LogP) is 4.27. The number of hydrogen-bond acceptors (Lipinski definition) is 8. The van der Waals surface area contributed by atoms with Crippen LogP contribution in [0.15, 0.2) is 18.2 Å². The first-order valence-electron chi connectivity index (χ1n) is 10.4. The van der Waals surface area contributed by atoms with E-state index in [1.54, 1.807) is 0 Å². The maximum atomic E-state index is 12.4. The summed E-state index contributed by atoms with van der Waals surface area (Å²) in [6, 6.07) is 6.43. The van der Waals surface area contributed by atoms with E-state index < -0.39 is 0 Å². The second-order valence-electron chi connectivity index (χ2n) is 7.62. The molecule has 0 saturated carbocycles. The zero-order valence-corrected chi connectivity index (χ0v) is 18.7. The third-order valence-electron chi connectivity index (χ3n) is 5.38. The van der Waals surface area contributed by atoms with Crippen LogP contribution in [0.4, 0.5) is 11.6 Å². The maximum absolute atomic E-state index is 12.4. The van der Waals surface area contributed by atoms with Gasteiger partial charge in [-0.2, -0.15) is 0 Å². The lowest BCUT2D eigenvalue weighted by molar-refractivity contribution is 0.0531. The summed E-state index contributed by atoms with van der Waals surface area (Å²) >= 11 is 1.40. The number of ether oxygens (including phenoxy) is 1. The van der Waals surface area contributed by atoms with Gasteiger partial charge in [-0.05, 0) is 58.2 Å². The highest BCUT2D eigenvalue weighted by Crippen LogP contribution is 2.36. The van der Waals surface area contributed by atoms with E-state index in [-0.39, 0.29) is 5.97 Å². The van der Waals surface area contributed by atoms with Crippen molar-refractivity contribution in [2.24, 2.45) is 0 Å². The van der Waals surface area contributed by atoms with Crippen molar-refractivity contribution in [2.45, 2.75) is 46.6 Å². The largest absolute Gasteiger partial charge is 0.462 e. The van der Waals surface area contributed by atoms with Crippen molar-refractivity contribution in [1.29, 1.82) is 0 Å². The molecule has 1 N–H and O–H groups in total. The van der Waals surface area contributed by atoms with Crippen molar-refractivity contribution in [2.75, 3.05) is 29.9 Å². The Labute approximate surface area is 180 Å². The number of anilines is 2. The number of aromatic nitrogens is 3. The van der Waals surface area contributed by atoms with Gasteiger partial charge in [0.15, 0.2) is 0 Å². The fraction of sp³-hybridized carbons (Fsp3) is 0.455. The molecular weight excluding hydrogens is 398 g/mol. The summed E-state index contributed by atoms with van der Waals surface area (Å²) in [4.78, 5) is 30.0. The van der Waals surface area contributed by atoms with Crippen LogP contribution in [0.25, 0.3) is 10.2 Å². The summed E-state index contributed by atoms with van der Waals surface area (Å²) < 4.78 is 5.23. The van der Waals surface area contributed by atoms with E-state index in [2.05, 4.69) is 20.2 Å². The summed E-state index contributed by atoms with van der Waals surface area (Å²) in [5, 5.41) is 4.53. The first-order valence-corrected chi connectivity index (χ1v) is 11.2. The van der Waals surface area contributed by atoms with E-state index in [1.165, 1.54) is 11.3 Å². The predicted molar refractivity (Wildman–Crippen MR) is 121 cm³/mol. The molecular formula is C22H27N5O2S. The van der Waals surface area contributed by atoms with Gasteiger partial charge >= 0.3 is 5.97 Å². The Morgan fingerprint density at radius 3 is 2.67 bits per heavy atom. The van der Waals surface area contributed by atoms with Crippen molar-refractivity contribution in [1.82, 2.24) is 15.0 Å². The number of thiophene rings is 1. The molecule has 0 spiro atoms. The van der Waals surface area contributed by atoms with Crippen LogP contribution in [-0.4, -0.2) is 46.7 Å². The van der Waals surface area contributed by atoms with Crippen LogP contribution < -0.4 is 10.2 Å². The van der Waals surface area contributed by atoms with E-state index in [9.17, 15) is 4.79 Å². The number of fused-ring (bicyclic) bond motifs is 1. The molecule has 0 aromatic carbocycles. The molecule has 0 unspecified atom stereocenters. The lowest BCUT2D eigenvalue weighted by atomic mass is 10.0. The van der Waals surface area contributed by atoms with Crippen molar-refractivity contribution in [3.63, 3.8) is 0 Å². The van der Waals surface area contributed by atoms with Crippen LogP contribution >= 0.6 is 11.3 Å². The van der Waals surface area contributed by atoms with E-state index in [4.69, 9.17) is 9.72 Å². The van der Waals surface area contributed by atoms with Crippen LogP contribution in [0, 0.1) is 20.8 Å². The molecule has 0 bridgehead atoms. The average molecular weight is 426 g/mol. The smallest absolute Gasteiger partial charge is 0.348 e. The summed E-state index contributed by atoms with van der Waals surface area (Å²) in [5.74, 6) is 2.30. The molecule has 4 heterocycles. The minimum absolute atomic E-state index is 0.282. The second kappa shape index (κ2) is 8.55. The third-order valence-corrected chi connectivity index (χ3v) is 6.54. The summed E-state index contributed by atoms with van der Waals surface area (Å²) in [6.07, 6.45) is 1.99. The Bertz CT molecular complexity index is 1070. The van der Waals surface area contributed by atoms with Crippen LogP contribution in [-0.2, 0) is 4.74 Å². The van der Waals surface area contributed by atoms with Crippen LogP contribution in [0.2, 0.25) is 0 Å². The maximum Gasteiger partial charge on any atom is 0.348 e. The zero-order chi connectivity index (χ0) is 21.3. The molecule has 3 aromatic heterocycles. The van der Waals surface area contributed by atoms with Gasteiger partial charge < -0.3 is 15.0 Å². The molecule has 8 heteroatoms. The minimum atomic E-state index is -0.282. The Hall–Kier alpha value is -2.74. The molecule has 1 saturated heterocycles. The Morgan fingerprint density at radius 2 is 1.97 bits per heavy atom. The highest BCUT2D eigenvalue weighted by atomic mass is 32.1. The molecule has 158 valence electrons. The molecule has 0 aliphatic carbocycles. The fourth-order valence-corrected chi connectivity index (χ4v) is 5.02. The summed E-state index contributed by atoms with van der Waals surface area (Å²) in [6.45, 7) is 9.83. The highest BCUT2D eigenvalue weighted by molar-refractivity contribution is 7.20. The van der Waals surface area contributed by atoms with Crippen LogP contribution in [0.1, 0.15) is 46.5 Å². The number of aryl methyl sites for hydroxylation is 3. The van der Waals surface area contributed by atoms with Crippen molar-refractivity contribution < 1.29 is 9.53 Å². The Balaban J connectivity index is 1.55. The van der Waals surface area contributed by atoms with E-state index in [1.807, 2.05) is 45.9 Å². The van der Waals surface area contributed by atoms with Gasteiger partial charge in [0.05, 0.1) is 12.0 Å². The van der Waals surface area contributed by atoms with Gasteiger partial charge in [0.1, 0.15) is 27.2 Å². The van der Waals surface area contributed by atoms with Gasteiger partial charge in [-0.1, -0.05) is 6.07 Å². The van der Waals surface area contributed by atoms with Crippen LogP contribution in [0.3, 0.4) is 0 Å². The van der Waals surface area contributed by atoms with Gasteiger partial charge in [-0.15, -0.1) is 11.3 Å². The molecule has 4 rings (SSSR count). The van der Waals surface area contributed by atoms with Gasteiger partial charge in [-0.25, -0.2) is 19.7 Å². The number of esters is 1. The number of piperidine rings is 1. The standard InChI is InChI=1S/C22H27N5O2S/c1-5-29-22(28)19-14(3)18-20(24-15(4)25-21(18)30-19)27-11-9-16(10-12-27)26-17-8-6-7-13(2)23-17/h6-8,16H,5,9-12H2,1-4H3,(H,23,26). The van der Waals surface area contributed by atoms with Crippen molar-refractivity contribution >= 4 is 39.2 Å². The molecule has 0 radical (unpaired) electrons. The molecule has 1 aliphatic heterocycles. The van der Waals surface area contributed by atoms with E-state index >= 15 is 0 Å². The number of carbonyl (C=O) groups is 1. The van der Waals surface area contributed by atoms with Gasteiger partial charge in [0, 0.05) is 24.8 Å². The quantitative estimate of drug-likeness (QED) is 0.612. The zero-order valence-electron chi connectivity index (χ0n) is 17.9. The number of hydrogen-bond donors (Lipinski definition) is 1. The van der Waals surface area contributed by atoms with Gasteiger partial charge in [-0.3, -0.25) is 0 Å². The highest BCUT2D eigenvalue weighted by Gasteiger charge is 2.26. The number of carbonyl (C=O) groups excluding carboxylic acids is 1.